The third-order valence-corrected chi connectivity index (χ3v) is 4.43. The molecular formula is C21H27IN4O3. The summed E-state index contributed by atoms with van der Waals surface area (Å²) in [5.41, 5.74) is 9.57. The molecular weight excluding hydrogens is 483 g/mol. The molecule has 0 radical (unpaired) electrons. The number of anilines is 2. The molecule has 0 aromatic heterocycles. The average Bonchev–Trinajstić information content (AvgIpc) is 3.23. The summed E-state index contributed by atoms with van der Waals surface area (Å²) in [5.74, 6) is 0.214. The van der Waals surface area contributed by atoms with Gasteiger partial charge in [0.25, 0.3) is 5.91 Å². The monoisotopic (exact) mass is 510 g/mol. The van der Waals surface area contributed by atoms with E-state index in [1.165, 1.54) is 0 Å². The van der Waals surface area contributed by atoms with Gasteiger partial charge >= 0.3 is 0 Å². The summed E-state index contributed by atoms with van der Waals surface area (Å²) in [6.07, 6.45) is 1.34. The topological polar surface area (TPSA) is 98.0 Å². The second kappa shape index (κ2) is 11.7. The molecule has 1 saturated heterocycles. The standard InChI is InChI=1S/C21H26N4O3.HI/c1-27-14-16-7-2-3-9-18(16)25-21(22)23-13-15-6-4-8-17(12-15)24-20(26)19-10-5-11-28-19;/h2-4,6-9,12,19H,5,10-11,13-14H2,1H3,(H,24,26)(H3,22,23,25);1H. The number of guanidine groups is 1. The fourth-order valence-corrected chi connectivity index (χ4v) is 3.03. The van der Waals surface area contributed by atoms with Crippen LogP contribution in [0.25, 0.3) is 0 Å². The van der Waals surface area contributed by atoms with E-state index in [1.807, 2.05) is 48.5 Å². The van der Waals surface area contributed by atoms with Gasteiger partial charge in [0, 0.05) is 30.7 Å². The number of nitrogens with zero attached hydrogens (tertiary/aromatic N) is 1. The van der Waals surface area contributed by atoms with E-state index < -0.39 is 0 Å². The fourth-order valence-electron chi connectivity index (χ4n) is 3.03. The minimum absolute atomic E-state index is 0. The van der Waals surface area contributed by atoms with Crippen molar-refractivity contribution in [1.29, 1.82) is 0 Å². The number of aliphatic imine (C=N–C) groups is 1. The van der Waals surface area contributed by atoms with Crippen molar-refractivity contribution in [1.82, 2.24) is 0 Å². The minimum atomic E-state index is -0.353. The molecule has 8 heteroatoms. The van der Waals surface area contributed by atoms with Crippen LogP contribution in [0.15, 0.2) is 53.5 Å². The molecule has 2 aromatic carbocycles. The van der Waals surface area contributed by atoms with E-state index in [2.05, 4.69) is 15.6 Å². The Morgan fingerprint density at radius 2 is 2.07 bits per heavy atom. The number of halogens is 1. The minimum Gasteiger partial charge on any atom is -0.380 e. The van der Waals surface area contributed by atoms with Crippen LogP contribution < -0.4 is 16.4 Å². The largest absolute Gasteiger partial charge is 0.380 e. The highest BCUT2D eigenvalue weighted by Crippen LogP contribution is 2.17. The summed E-state index contributed by atoms with van der Waals surface area (Å²) in [6.45, 7) is 1.53. The molecule has 3 rings (SSSR count). The van der Waals surface area contributed by atoms with Crippen LogP contribution in [-0.4, -0.2) is 31.7 Å². The number of hydrogen-bond acceptors (Lipinski definition) is 4. The Labute approximate surface area is 188 Å². The van der Waals surface area contributed by atoms with Crippen LogP contribution in [0, 0.1) is 0 Å². The number of nitrogens with two attached hydrogens (primary N) is 1. The van der Waals surface area contributed by atoms with Gasteiger partial charge in [-0.1, -0.05) is 30.3 Å². The van der Waals surface area contributed by atoms with Crippen LogP contribution in [0.1, 0.15) is 24.0 Å². The van der Waals surface area contributed by atoms with Gasteiger partial charge in [0.1, 0.15) is 6.10 Å². The van der Waals surface area contributed by atoms with Crippen LogP contribution in [0.5, 0.6) is 0 Å². The number of ether oxygens (including phenoxy) is 2. The molecule has 4 N–H and O–H groups in total. The number of nitrogens with one attached hydrogen (secondary N) is 2. The molecule has 1 amide bonds. The van der Waals surface area contributed by atoms with Crippen LogP contribution in [-0.2, 0) is 27.4 Å². The first-order chi connectivity index (χ1) is 13.7. The number of para-hydroxylation sites is 1. The van der Waals surface area contributed by atoms with Crippen LogP contribution in [0.4, 0.5) is 11.4 Å². The molecule has 29 heavy (non-hydrogen) atoms. The molecule has 1 atom stereocenters. The van der Waals surface area contributed by atoms with Crippen LogP contribution in [0.3, 0.4) is 0 Å². The van der Waals surface area contributed by atoms with E-state index in [0.29, 0.717) is 25.7 Å². The lowest BCUT2D eigenvalue weighted by Gasteiger charge is -2.12. The highest BCUT2D eigenvalue weighted by molar-refractivity contribution is 14.0. The van der Waals surface area contributed by atoms with Gasteiger partial charge < -0.3 is 25.8 Å². The van der Waals surface area contributed by atoms with Crippen molar-refractivity contribution in [2.24, 2.45) is 10.7 Å². The normalized spacial score (nSPS) is 16.2. The predicted octanol–water partition coefficient (Wildman–Crippen LogP) is 3.50. The number of amides is 1. The zero-order valence-corrected chi connectivity index (χ0v) is 18.7. The van der Waals surface area contributed by atoms with Gasteiger partial charge in [-0.2, -0.15) is 0 Å². The van der Waals surface area contributed by atoms with Crippen molar-refractivity contribution in [3.8, 4) is 0 Å². The summed E-state index contributed by atoms with van der Waals surface area (Å²) in [4.78, 5) is 16.6. The molecule has 1 fully saturated rings. The van der Waals surface area contributed by atoms with Gasteiger partial charge in [-0.05, 0) is 36.6 Å². The molecule has 7 nitrogen and oxygen atoms in total. The number of carbonyl (C=O) groups excluding carboxylic acids is 1. The second-order valence-corrected chi connectivity index (χ2v) is 6.61. The maximum atomic E-state index is 12.2. The maximum Gasteiger partial charge on any atom is 0.253 e. The van der Waals surface area contributed by atoms with E-state index in [1.54, 1.807) is 7.11 Å². The number of benzene rings is 2. The van der Waals surface area contributed by atoms with E-state index >= 15 is 0 Å². The Balaban J connectivity index is 0.00000300. The first-order valence-electron chi connectivity index (χ1n) is 9.31. The summed E-state index contributed by atoms with van der Waals surface area (Å²) in [5, 5.41) is 6.01. The Morgan fingerprint density at radius 1 is 1.24 bits per heavy atom. The first-order valence-corrected chi connectivity index (χ1v) is 9.31. The third-order valence-electron chi connectivity index (χ3n) is 4.43. The van der Waals surface area contributed by atoms with Gasteiger partial charge in [0.2, 0.25) is 0 Å². The summed E-state index contributed by atoms with van der Waals surface area (Å²) in [6, 6.07) is 15.3. The lowest BCUT2D eigenvalue weighted by Crippen LogP contribution is -2.26. The molecule has 0 bridgehead atoms. The Morgan fingerprint density at radius 3 is 2.83 bits per heavy atom. The Hall–Kier alpha value is -2.17. The van der Waals surface area contributed by atoms with E-state index in [9.17, 15) is 4.79 Å². The molecule has 1 aliphatic heterocycles. The number of hydrogen-bond donors (Lipinski definition) is 3. The molecule has 2 aromatic rings. The van der Waals surface area contributed by atoms with Crippen LogP contribution in [0.2, 0.25) is 0 Å². The lowest BCUT2D eigenvalue weighted by atomic mass is 10.2. The zero-order chi connectivity index (χ0) is 19.8. The highest BCUT2D eigenvalue weighted by atomic mass is 127. The van der Waals surface area contributed by atoms with Gasteiger partial charge in [0.05, 0.1) is 13.2 Å². The number of rotatable bonds is 7. The maximum absolute atomic E-state index is 12.2. The highest BCUT2D eigenvalue weighted by Gasteiger charge is 2.23. The summed E-state index contributed by atoms with van der Waals surface area (Å²) < 4.78 is 10.6. The molecule has 156 valence electrons. The Bertz CT molecular complexity index is 838. The molecule has 0 saturated carbocycles. The molecule has 0 spiro atoms. The third kappa shape index (κ3) is 6.98. The molecule has 1 heterocycles. The zero-order valence-electron chi connectivity index (χ0n) is 16.4. The van der Waals surface area contributed by atoms with Crippen molar-refractivity contribution < 1.29 is 14.3 Å². The fraction of sp³-hybridized carbons (Fsp3) is 0.333. The van der Waals surface area contributed by atoms with E-state index in [4.69, 9.17) is 15.2 Å². The lowest BCUT2D eigenvalue weighted by molar-refractivity contribution is -0.124. The van der Waals surface area contributed by atoms with Gasteiger partial charge in [-0.15, -0.1) is 24.0 Å². The SMILES string of the molecule is COCc1ccccc1NC(N)=NCc1cccc(NC(=O)C2CCCO2)c1.I. The van der Waals surface area contributed by atoms with Gasteiger partial charge in [-0.3, -0.25) is 4.79 Å². The first kappa shape index (κ1) is 23.1. The van der Waals surface area contributed by atoms with Crippen LogP contribution >= 0.6 is 24.0 Å². The van der Waals surface area contributed by atoms with Crippen molar-refractivity contribution in [3.63, 3.8) is 0 Å². The van der Waals surface area contributed by atoms with Crippen molar-refractivity contribution in [3.05, 3.63) is 59.7 Å². The van der Waals surface area contributed by atoms with Crippen molar-refractivity contribution in [2.45, 2.75) is 32.1 Å². The molecule has 0 aliphatic carbocycles. The number of methoxy groups -OCH3 is 1. The second-order valence-electron chi connectivity index (χ2n) is 6.61. The van der Waals surface area contributed by atoms with E-state index in [-0.39, 0.29) is 36.0 Å². The van der Waals surface area contributed by atoms with E-state index in [0.717, 1.165) is 35.3 Å². The van der Waals surface area contributed by atoms with Crippen molar-refractivity contribution in [2.75, 3.05) is 24.4 Å². The number of carbonyl (C=O) groups is 1. The quantitative estimate of drug-likeness (QED) is 0.301. The smallest absolute Gasteiger partial charge is 0.253 e. The molecule has 1 unspecified atom stereocenters. The molecule has 1 aliphatic rings. The Kier molecular flexibility index (Phi) is 9.36. The summed E-state index contributed by atoms with van der Waals surface area (Å²) in [7, 11) is 1.65. The average molecular weight is 510 g/mol. The van der Waals surface area contributed by atoms with Gasteiger partial charge in [0.15, 0.2) is 5.96 Å². The predicted molar refractivity (Wildman–Crippen MR) is 126 cm³/mol. The summed E-state index contributed by atoms with van der Waals surface area (Å²) >= 11 is 0. The van der Waals surface area contributed by atoms with Crippen molar-refractivity contribution >= 4 is 47.2 Å². The van der Waals surface area contributed by atoms with Gasteiger partial charge in [-0.25, -0.2) is 4.99 Å².